The Morgan fingerprint density at radius 2 is 2.00 bits per heavy atom. The van der Waals surface area contributed by atoms with Crippen molar-refractivity contribution in [2.24, 2.45) is 5.92 Å². The van der Waals surface area contributed by atoms with Crippen LogP contribution in [-0.4, -0.2) is 43.1 Å². The average Bonchev–Trinajstić information content (AvgIpc) is 2.25. The fraction of sp³-hybridized carbons (Fsp3) is 1.00. The number of aliphatic hydroxyl groups is 1. The second-order valence-corrected chi connectivity index (χ2v) is 7.20. The molecule has 0 radical (unpaired) electrons. The topological polar surface area (TPSA) is 69.6 Å². The first-order chi connectivity index (χ1) is 8.54. The maximum absolute atomic E-state index is 12.3. The summed E-state index contributed by atoms with van der Waals surface area (Å²) in [4.78, 5) is 0. The summed E-state index contributed by atoms with van der Waals surface area (Å²) in [5.41, 5.74) is 0. The van der Waals surface area contributed by atoms with Crippen molar-refractivity contribution < 1.29 is 13.5 Å². The Morgan fingerprint density at radius 1 is 1.28 bits per heavy atom. The second kappa shape index (κ2) is 5.86. The first kappa shape index (κ1) is 14.2. The second-order valence-electron chi connectivity index (χ2n) is 5.55. The van der Waals surface area contributed by atoms with E-state index in [1.165, 1.54) is 10.7 Å². The molecule has 2 unspecified atom stereocenters. The smallest absolute Gasteiger partial charge is 0.280 e. The van der Waals surface area contributed by atoms with Gasteiger partial charge in [-0.05, 0) is 38.5 Å². The standard InChI is InChI=1S/C12H24N2O3S/c1-10(11-5-4-6-11)13-18(16,17)14-8-3-2-7-12(14)9-15/h10-13,15H,2-9H2,1H3. The molecule has 6 heteroatoms. The van der Waals surface area contributed by atoms with E-state index in [9.17, 15) is 13.5 Å². The van der Waals surface area contributed by atoms with Gasteiger partial charge in [0.2, 0.25) is 0 Å². The van der Waals surface area contributed by atoms with Crippen LogP contribution in [0.15, 0.2) is 0 Å². The molecule has 5 nitrogen and oxygen atoms in total. The van der Waals surface area contributed by atoms with Crippen LogP contribution in [-0.2, 0) is 10.2 Å². The van der Waals surface area contributed by atoms with Gasteiger partial charge in [0.1, 0.15) is 0 Å². The Hall–Kier alpha value is -0.170. The van der Waals surface area contributed by atoms with Gasteiger partial charge in [-0.25, -0.2) is 0 Å². The van der Waals surface area contributed by atoms with Crippen molar-refractivity contribution in [1.29, 1.82) is 0 Å². The predicted molar refractivity (Wildman–Crippen MR) is 70.3 cm³/mol. The van der Waals surface area contributed by atoms with E-state index < -0.39 is 10.2 Å². The number of rotatable bonds is 5. The Kier molecular flexibility index (Phi) is 4.64. The minimum atomic E-state index is -3.44. The molecule has 1 aliphatic carbocycles. The van der Waals surface area contributed by atoms with Crippen LogP contribution in [0.4, 0.5) is 0 Å². The van der Waals surface area contributed by atoms with Gasteiger partial charge in [0.15, 0.2) is 0 Å². The molecule has 1 saturated heterocycles. The minimum absolute atomic E-state index is 0.00465. The summed E-state index contributed by atoms with van der Waals surface area (Å²) in [6, 6.07) is -0.241. The fourth-order valence-electron chi connectivity index (χ4n) is 2.81. The van der Waals surface area contributed by atoms with Crippen molar-refractivity contribution in [2.75, 3.05) is 13.2 Å². The summed E-state index contributed by atoms with van der Waals surface area (Å²) >= 11 is 0. The summed E-state index contributed by atoms with van der Waals surface area (Å²) in [6.45, 7) is 2.38. The van der Waals surface area contributed by atoms with Crippen LogP contribution in [0.25, 0.3) is 0 Å². The molecule has 0 amide bonds. The van der Waals surface area contributed by atoms with Crippen molar-refractivity contribution >= 4 is 10.2 Å². The van der Waals surface area contributed by atoms with Gasteiger partial charge in [-0.3, -0.25) is 0 Å². The first-order valence-electron chi connectivity index (χ1n) is 6.94. The molecule has 1 heterocycles. The third-order valence-electron chi connectivity index (χ3n) is 4.28. The van der Waals surface area contributed by atoms with Crippen molar-refractivity contribution in [3.8, 4) is 0 Å². The van der Waals surface area contributed by atoms with E-state index in [-0.39, 0.29) is 18.7 Å². The van der Waals surface area contributed by atoms with Gasteiger partial charge >= 0.3 is 0 Å². The summed E-state index contributed by atoms with van der Waals surface area (Å²) in [5.74, 6) is 0.483. The minimum Gasteiger partial charge on any atom is -0.395 e. The van der Waals surface area contributed by atoms with Crippen LogP contribution in [0, 0.1) is 5.92 Å². The molecule has 0 aromatic rings. The number of piperidine rings is 1. The van der Waals surface area contributed by atoms with Gasteiger partial charge in [0, 0.05) is 18.6 Å². The Bertz CT molecular complexity index is 368. The molecule has 0 bridgehead atoms. The lowest BCUT2D eigenvalue weighted by Gasteiger charge is -2.37. The summed E-state index contributed by atoms with van der Waals surface area (Å²) < 4.78 is 28.9. The molecule has 1 saturated carbocycles. The van der Waals surface area contributed by atoms with Gasteiger partial charge in [-0.2, -0.15) is 17.4 Å². The molecular formula is C12H24N2O3S. The van der Waals surface area contributed by atoms with E-state index in [0.29, 0.717) is 12.5 Å². The Balaban J connectivity index is 1.99. The maximum atomic E-state index is 12.3. The van der Waals surface area contributed by atoms with E-state index in [1.54, 1.807) is 0 Å². The molecule has 0 spiro atoms. The summed E-state index contributed by atoms with van der Waals surface area (Å²) in [6.07, 6.45) is 6.08. The molecular weight excluding hydrogens is 252 g/mol. The molecule has 2 rings (SSSR count). The van der Waals surface area contributed by atoms with Crippen molar-refractivity contribution in [3.05, 3.63) is 0 Å². The van der Waals surface area contributed by atoms with Crippen LogP contribution < -0.4 is 4.72 Å². The largest absolute Gasteiger partial charge is 0.395 e. The average molecular weight is 276 g/mol. The number of hydrogen-bond acceptors (Lipinski definition) is 3. The summed E-state index contributed by atoms with van der Waals surface area (Å²) in [7, 11) is -3.44. The third-order valence-corrected chi connectivity index (χ3v) is 6.05. The third kappa shape index (κ3) is 3.04. The van der Waals surface area contributed by atoms with E-state index in [4.69, 9.17) is 0 Å². The zero-order valence-electron chi connectivity index (χ0n) is 11.0. The van der Waals surface area contributed by atoms with Crippen molar-refractivity contribution in [1.82, 2.24) is 9.03 Å². The van der Waals surface area contributed by atoms with Crippen molar-refractivity contribution in [3.63, 3.8) is 0 Å². The van der Waals surface area contributed by atoms with Crippen molar-refractivity contribution in [2.45, 2.75) is 57.5 Å². The Morgan fingerprint density at radius 3 is 2.56 bits per heavy atom. The van der Waals surface area contributed by atoms with Gasteiger partial charge in [-0.15, -0.1) is 0 Å². The number of hydrogen-bond donors (Lipinski definition) is 2. The van der Waals surface area contributed by atoms with E-state index in [2.05, 4.69) is 4.72 Å². The quantitative estimate of drug-likeness (QED) is 0.782. The lowest BCUT2D eigenvalue weighted by atomic mass is 9.81. The van der Waals surface area contributed by atoms with Gasteiger partial charge < -0.3 is 5.11 Å². The maximum Gasteiger partial charge on any atom is 0.280 e. The Labute approximate surface area is 110 Å². The normalized spacial score (nSPS) is 28.9. The van der Waals surface area contributed by atoms with E-state index >= 15 is 0 Å². The monoisotopic (exact) mass is 276 g/mol. The molecule has 2 fully saturated rings. The van der Waals surface area contributed by atoms with Gasteiger partial charge in [-0.1, -0.05) is 12.8 Å². The molecule has 2 N–H and O–H groups in total. The first-order valence-corrected chi connectivity index (χ1v) is 8.38. The number of nitrogens with one attached hydrogen (secondary N) is 1. The number of nitrogens with zero attached hydrogens (tertiary/aromatic N) is 1. The molecule has 18 heavy (non-hydrogen) atoms. The molecule has 2 atom stereocenters. The SMILES string of the molecule is CC(NS(=O)(=O)N1CCCCC1CO)C1CCC1. The number of aliphatic hydroxyl groups excluding tert-OH is 1. The predicted octanol–water partition coefficient (Wildman–Crippen LogP) is 0.856. The highest BCUT2D eigenvalue weighted by molar-refractivity contribution is 7.87. The van der Waals surface area contributed by atoms with E-state index in [1.807, 2.05) is 6.92 Å². The summed E-state index contributed by atoms with van der Waals surface area (Å²) in [5, 5.41) is 9.29. The van der Waals surface area contributed by atoms with Crippen LogP contribution in [0.1, 0.15) is 45.4 Å². The lowest BCUT2D eigenvalue weighted by Crippen LogP contribution is -2.53. The molecule has 0 aromatic heterocycles. The van der Waals surface area contributed by atoms with Gasteiger partial charge in [0.05, 0.1) is 6.61 Å². The molecule has 0 aromatic carbocycles. The highest BCUT2D eigenvalue weighted by atomic mass is 32.2. The highest BCUT2D eigenvalue weighted by Crippen LogP contribution is 2.30. The van der Waals surface area contributed by atoms with Crippen LogP contribution >= 0.6 is 0 Å². The highest BCUT2D eigenvalue weighted by Gasteiger charge is 2.34. The lowest BCUT2D eigenvalue weighted by molar-refractivity contribution is 0.152. The molecule has 1 aliphatic heterocycles. The van der Waals surface area contributed by atoms with Crippen LogP contribution in [0.2, 0.25) is 0 Å². The molecule has 2 aliphatic rings. The fourth-order valence-corrected chi connectivity index (χ4v) is 4.54. The van der Waals surface area contributed by atoms with E-state index in [0.717, 1.165) is 32.1 Å². The van der Waals surface area contributed by atoms with Crippen LogP contribution in [0.5, 0.6) is 0 Å². The van der Waals surface area contributed by atoms with Gasteiger partial charge in [0.25, 0.3) is 10.2 Å². The zero-order valence-corrected chi connectivity index (χ0v) is 11.8. The molecule has 106 valence electrons. The zero-order chi connectivity index (χ0) is 13.2. The van der Waals surface area contributed by atoms with Crippen LogP contribution in [0.3, 0.4) is 0 Å².